The third-order valence-corrected chi connectivity index (χ3v) is 5.19. The molecule has 2 N–H and O–H groups in total. The Morgan fingerprint density at radius 1 is 1.07 bits per heavy atom. The Labute approximate surface area is 172 Å². The van der Waals surface area contributed by atoms with Crippen molar-refractivity contribution in [3.8, 4) is 11.5 Å². The predicted molar refractivity (Wildman–Crippen MR) is 117 cm³/mol. The van der Waals surface area contributed by atoms with E-state index in [1.165, 1.54) is 0 Å². The van der Waals surface area contributed by atoms with Crippen molar-refractivity contribution in [2.24, 2.45) is 0 Å². The largest absolute Gasteiger partial charge is 0.493 e. The number of quaternary nitrogens is 1. The molecule has 0 saturated carbocycles. The number of hydrogen-bond acceptors (Lipinski definition) is 3. The molecule has 3 aromatic carbocycles. The molecule has 0 spiro atoms. The minimum Gasteiger partial charge on any atom is -0.493 e. The van der Waals surface area contributed by atoms with E-state index in [4.69, 9.17) is 9.47 Å². The molecule has 0 fully saturated rings. The number of methoxy groups -OCH3 is 1. The Bertz CT molecular complexity index is 982. The van der Waals surface area contributed by atoms with Crippen molar-refractivity contribution in [1.29, 1.82) is 0 Å². The molecule has 0 aromatic heterocycles. The first-order valence-corrected chi connectivity index (χ1v) is 9.94. The van der Waals surface area contributed by atoms with E-state index in [2.05, 4.69) is 5.32 Å². The van der Waals surface area contributed by atoms with Gasteiger partial charge in [0.25, 0.3) is 5.91 Å². The number of likely N-dealkylation sites (N-methyl/N-ethyl adjacent to an activating group) is 1. The van der Waals surface area contributed by atoms with E-state index in [-0.39, 0.29) is 11.9 Å². The standard InChI is InChI=1S/C24H28N2O3/c1-5-29-22-14-13-18(15-23(22)28-4)16-26(3)17(2)24(27)25-21-12-8-10-19-9-6-7-11-20(19)21/h6-15,17H,5,16H2,1-4H3,(H,25,27)/p+1/t17-/m1/s1. The zero-order valence-corrected chi connectivity index (χ0v) is 17.5. The van der Waals surface area contributed by atoms with E-state index in [9.17, 15) is 4.79 Å². The van der Waals surface area contributed by atoms with Crippen molar-refractivity contribution >= 4 is 22.4 Å². The highest BCUT2D eigenvalue weighted by atomic mass is 16.5. The number of rotatable bonds is 8. The van der Waals surface area contributed by atoms with Crippen LogP contribution in [0.2, 0.25) is 0 Å². The van der Waals surface area contributed by atoms with Crippen LogP contribution in [0.5, 0.6) is 11.5 Å². The van der Waals surface area contributed by atoms with Crippen LogP contribution < -0.4 is 19.7 Å². The quantitative estimate of drug-likeness (QED) is 0.618. The first-order valence-electron chi connectivity index (χ1n) is 9.94. The van der Waals surface area contributed by atoms with Crippen molar-refractivity contribution < 1.29 is 19.2 Å². The Kier molecular flexibility index (Phi) is 6.73. The van der Waals surface area contributed by atoms with Crippen molar-refractivity contribution in [3.05, 3.63) is 66.2 Å². The smallest absolute Gasteiger partial charge is 0.282 e. The molecule has 152 valence electrons. The summed E-state index contributed by atoms with van der Waals surface area (Å²) < 4.78 is 11.0. The van der Waals surface area contributed by atoms with Gasteiger partial charge in [0.05, 0.1) is 20.8 Å². The molecule has 5 heteroatoms. The van der Waals surface area contributed by atoms with Crippen molar-refractivity contribution in [2.45, 2.75) is 26.4 Å². The van der Waals surface area contributed by atoms with E-state index in [0.717, 1.165) is 32.7 Å². The molecule has 0 heterocycles. The van der Waals surface area contributed by atoms with E-state index >= 15 is 0 Å². The van der Waals surface area contributed by atoms with Gasteiger partial charge in [-0.15, -0.1) is 0 Å². The zero-order valence-electron chi connectivity index (χ0n) is 17.5. The number of fused-ring (bicyclic) bond motifs is 1. The molecule has 29 heavy (non-hydrogen) atoms. The Morgan fingerprint density at radius 3 is 2.59 bits per heavy atom. The molecule has 1 unspecified atom stereocenters. The average molecular weight is 394 g/mol. The van der Waals surface area contributed by atoms with Gasteiger partial charge >= 0.3 is 0 Å². The van der Waals surface area contributed by atoms with E-state index < -0.39 is 0 Å². The number of carbonyl (C=O) groups excluding carboxylic acids is 1. The maximum Gasteiger partial charge on any atom is 0.282 e. The highest BCUT2D eigenvalue weighted by Crippen LogP contribution is 2.28. The summed E-state index contributed by atoms with van der Waals surface area (Å²) >= 11 is 0. The summed E-state index contributed by atoms with van der Waals surface area (Å²) in [6.45, 7) is 5.18. The lowest BCUT2D eigenvalue weighted by Gasteiger charge is -2.22. The highest BCUT2D eigenvalue weighted by molar-refractivity contribution is 6.03. The number of ether oxygens (including phenoxy) is 2. The fraction of sp³-hybridized carbons (Fsp3) is 0.292. The van der Waals surface area contributed by atoms with Crippen molar-refractivity contribution in [2.75, 3.05) is 26.1 Å². The number of amides is 1. The molecule has 0 saturated heterocycles. The summed E-state index contributed by atoms with van der Waals surface area (Å²) in [6.07, 6.45) is 0. The zero-order chi connectivity index (χ0) is 20.8. The van der Waals surface area contributed by atoms with Gasteiger partial charge in [-0.2, -0.15) is 0 Å². The maximum absolute atomic E-state index is 12.9. The maximum atomic E-state index is 12.9. The molecule has 2 atom stereocenters. The molecule has 0 aliphatic heterocycles. The molecule has 0 bridgehead atoms. The lowest BCUT2D eigenvalue weighted by atomic mass is 10.1. The summed E-state index contributed by atoms with van der Waals surface area (Å²) in [4.78, 5) is 14.0. The first kappa shape index (κ1) is 20.7. The van der Waals surface area contributed by atoms with Crippen LogP contribution in [0.3, 0.4) is 0 Å². The van der Waals surface area contributed by atoms with Crippen LogP contribution in [0.4, 0.5) is 5.69 Å². The molecule has 0 radical (unpaired) electrons. The van der Waals surface area contributed by atoms with Gasteiger partial charge in [-0.3, -0.25) is 4.79 Å². The average Bonchev–Trinajstić information content (AvgIpc) is 2.74. The summed E-state index contributed by atoms with van der Waals surface area (Å²) in [5, 5.41) is 5.25. The van der Waals surface area contributed by atoms with Crippen LogP contribution in [0.15, 0.2) is 60.7 Å². The lowest BCUT2D eigenvalue weighted by molar-refractivity contribution is -0.907. The fourth-order valence-electron chi connectivity index (χ4n) is 3.37. The second-order valence-electron chi connectivity index (χ2n) is 7.18. The Balaban J connectivity index is 1.69. The number of carbonyl (C=O) groups is 1. The van der Waals surface area contributed by atoms with Gasteiger partial charge in [0.1, 0.15) is 6.54 Å². The summed E-state index contributed by atoms with van der Waals surface area (Å²) in [5.74, 6) is 1.44. The monoisotopic (exact) mass is 393 g/mol. The van der Waals surface area contributed by atoms with Gasteiger partial charge in [-0.25, -0.2) is 0 Å². The summed E-state index contributed by atoms with van der Waals surface area (Å²) in [7, 11) is 3.66. The topological polar surface area (TPSA) is 52.0 Å². The lowest BCUT2D eigenvalue weighted by Crippen LogP contribution is -3.12. The Hall–Kier alpha value is -3.05. The van der Waals surface area contributed by atoms with Gasteiger partial charge in [-0.05, 0) is 43.5 Å². The summed E-state index contributed by atoms with van der Waals surface area (Å²) in [5.41, 5.74) is 1.93. The minimum atomic E-state index is -0.216. The SMILES string of the molecule is CCOc1ccc(C[NH+](C)[C@H](C)C(=O)Nc2cccc3ccccc23)cc1OC. The summed E-state index contributed by atoms with van der Waals surface area (Å²) in [6, 6.07) is 19.7. The number of benzene rings is 3. The van der Waals surface area contributed by atoms with Crippen LogP contribution in [-0.4, -0.2) is 32.7 Å². The Morgan fingerprint density at radius 2 is 1.83 bits per heavy atom. The number of anilines is 1. The second-order valence-corrected chi connectivity index (χ2v) is 7.18. The van der Waals surface area contributed by atoms with Crippen LogP contribution >= 0.6 is 0 Å². The van der Waals surface area contributed by atoms with Crippen molar-refractivity contribution in [3.63, 3.8) is 0 Å². The molecule has 3 aromatic rings. The van der Waals surface area contributed by atoms with Crippen LogP contribution in [0.25, 0.3) is 10.8 Å². The molecule has 5 nitrogen and oxygen atoms in total. The van der Waals surface area contributed by atoms with E-state index in [1.807, 2.05) is 81.6 Å². The van der Waals surface area contributed by atoms with Crippen LogP contribution in [-0.2, 0) is 11.3 Å². The van der Waals surface area contributed by atoms with E-state index in [0.29, 0.717) is 18.9 Å². The molecule has 0 aliphatic rings. The van der Waals surface area contributed by atoms with Crippen LogP contribution in [0.1, 0.15) is 19.4 Å². The predicted octanol–water partition coefficient (Wildman–Crippen LogP) is 3.29. The van der Waals surface area contributed by atoms with Gasteiger partial charge in [0, 0.05) is 16.6 Å². The second kappa shape index (κ2) is 9.43. The highest BCUT2D eigenvalue weighted by Gasteiger charge is 2.23. The van der Waals surface area contributed by atoms with Gasteiger partial charge < -0.3 is 19.7 Å². The molecule has 0 aliphatic carbocycles. The minimum absolute atomic E-state index is 0.00301. The molecule has 3 rings (SSSR count). The van der Waals surface area contributed by atoms with Crippen LogP contribution in [0, 0.1) is 0 Å². The number of hydrogen-bond donors (Lipinski definition) is 2. The molecular weight excluding hydrogens is 364 g/mol. The van der Waals surface area contributed by atoms with E-state index in [1.54, 1.807) is 7.11 Å². The molecular formula is C24H29N2O3+. The third kappa shape index (κ3) is 4.87. The van der Waals surface area contributed by atoms with Gasteiger partial charge in [0.15, 0.2) is 17.5 Å². The third-order valence-electron chi connectivity index (χ3n) is 5.19. The fourth-order valence-corrected chi connectivity index (χ4v) is 3.37. The number of nitrogens with one attached hydrogen (secondary N) is 2. The molecule has 1 amide bonds. The van der Waals surface area contributed by atoms with Gasteiger partial charge in [0.2, 0.25) is 0 Å². The van der Waals surface area contributed by atoms with Gasteiger partial charge in [-0.1, -0.05) is 36.4 Å². The van der Waals surface area contributed by atoms with Crippen molar-refractivity contribution in [1.82, 2.24) is 0 Å². The first-order chi connectivity index (χ1) is 14.0. The normalized spacial score (nSPS) is 13.0.